The van der Waals surface area contributed by atoms with E-state index in [0.29, 0.717) is 0 Å². The molecule has 12 heteroatoms. The highest BCUT2D eigenvalue weighted by Gasteiger charge is 2.22. The van der Waals surface area contributed by atoms with Gasteiger partial charge in [-0.1, -0.05) is 0 Å². The minimum Gasteiger partial charge on any atom is -0.243 e. The standard InChI is InChI=1S/C9H15N3O6S3/c1-12(2)21(17,18)8-3-4-9(11-7-8)19(13,14)5-6-20(10,15)16/h3-4,7H,5-6H2,1-2H3,(H2,10,15,16). The summed E-state index contributed by atoms with van der Waals surface area (Å²) in [7, 11) is -8.94. The van der Waals surface area contributed by atoms with Crippen molar-refractivity contribution in [3.63, 3.8) is 0 Å². The second-order valence-corrected chi connectivity index (χ2v) is 10.2. The number of pyridine rings is 1. The summed E-state index contributed by atoms with van der Waals surface area (Å²) in [5, 5.41) is 4.32. The Bertz CT molecular complexity index is 810. The van der Waals surface area contributed by atoms with Gasteiger partial charge in [-0.2, -0.15) is 0 Å². The summed E-state index contributed by atoms with van der Waals surface area (Å²) < 4.78 is 69.8. The highest BCUT2D eigenvalue weighted by molar-refractivity contribution is 7.94. The molecule has 21 heavy (non-hydrogen) atoms. The zero-order chi connectivity index (χ0) is 16.5. The van der Waals surface area contributed by atoms with E-state index in [2.05, 4.69) is 4.98 Å². The first-order valence-electron chi connectivity index (χ1n) is 5.48. The minimum absolute atomic E-state index is 0.169. The molecule has 0 aliphatic rings. The molecule has 0 atom stereocenters. The van der Waals surface area contributed by atoms with Gasteiger partial charge in [0, 0.05) is 20.3 Å². The van der Waals surface area contributed by atoms with Crippen molar-refractivity contribution in [1.82, 2.24) is 9.29 Å². The van der Waals surface area contributed by atoms with Gasteiger partial charge in [-0.15, -0.1) is 0 Å². The van der Waals surface area contributed by atoms with Crippen LogP contribution in [0.1, 0.15) is 0 Å². The Kier molecular flexibility index (Phi) is 5.10. The second-order valence-electron chi connectivity index (χ2n) is 4.31. The first-order valence-corrected chi connectivity index (χ1v) is 10.3. The Hall–Kier alpha value is -1.08. The van der Waals surface area contributed by atoms with Gasteiger partial charge in [0.25, 0.3) is 0 Å². The molecule has 0 aromatic carbocycles. The molecule has 1 aromatic rings. The largest absolute Gasteiger partial charge is 0.244 e. The number of aromatic nitrogens is 1. The highest BCUT2D eigenvalue weighted by Crippen LogP contribution is 2.15. The number of sulfonamides is 2. The third-order valence-corrected chi connectivity index (χ3v) is 6.89. The molecule has 1 aromatic heterocycles. The van der Waals surface area contributed by atoms with E-state index in [1.165, 1.54) is 14.1 Å². The van der Waals surface area contributed by atoms with Crippen LogP contribution in [0.3, 0.4) is 0 Å². The third kappa shape index (κ3) is 4.71. The predicted octanol–water partition coefficient (Wildman–Crippen LogP) is -1.61. The number of hydrogen-bond donors (Lipinski definition) is 1. The lowest BCUT2D eigenvalue weighted by atomic mass is 10.5. The lowest BCUT2D eigenvalue weighted by Crippen LogP contribution is -2.24. The quantitative estimate of drug-likeness (QED) is 0.645. The van der Waals surface area contributed by atoms with E-state index >= 15 is 0 Å². The monoisotopic (exact) mass is 357 g/mol. The van der Waals surface area contributed by atoms with Gasteiger partial charge in [0.15, 0.2) is 14.9 Å². The lowest BCUT2D eigenvalue weighted by Gasteiger charge is -2.11. The molecule has 2 N–H and O–H groups in total. The van der Waals surface area contributed by atoms with Crippen molar-refractivity contribution in [3.8, 4) is 0 Å². The molecule has 0 saturated carbocycles. The van der Waals surface area contributed by atoms with Crippen LogP contribution in [0.15, 0.2) is 28.3 Å². The van der Waals surface area contributed by atoms with Gasteiger partial charge in [-0.25, -0.2) is 39.7 Å². The summed E-state index contributed by atoms with van der Waals surface area (Å²) in [6.45, 7) is 0. The summed E-state index contributed by atoms with van der Waals surface area (Å²) >= 11 is 0. The van der Waals surface area contributed by atoms with Crippen LogP contribution in [0.4, 0.5) is 0 Å². The lowest BCUT2D eigenvalue weighted by molar-refractivity contribution is 0.520. The van der Waals surface area contributed by atoms with Gasteiger partial charge in [0.2, 0.25) is 20.0 Å². The Morgan fingerprint density at radius 3 is 2.00 bits per heavy atom. The van der Waals surface area contributed by atoms with E-state index in [9.17, 15) is 25.3 Å². The Morgan fingerprint density at radius 1 is 1.05 bits per heavy atom. The Balaban J connectivity index is 3.08. The van der Waals surface area contributed by atoms with Gasteiger partial charge < -0.3 is 0 Å². The number of rotatable bonds is 6. The molecule has 9 nitrogen and oxygen atoms in total. The average molecular weight is 357 g/mol. The predicted molar refractivity (Wildman–Crippen MR) is 75.1 cm³/mol. The van der Waals surface area contributed by atoms with E-state index in [1.807, 2.05) is 0 Å². The van der Waals surface area contributed by atoms with Crippen molar-refractivity contribution in [2.45, 2.75) is 9.92 Å². The number of nitrogens with zero attached hydrogens (tertiary/aromatic N) is 2. The van der Waals surface area contributed by atoms with Crippen LogP contribution in [0, 0.1) is 0 Å². The summed E-state index contributed by atoms with van der Waals surface area (Å²) in [6.07, 6.45) is 0.902. The Morgan fingerprint density at radius 2 is 1.62 bits per heavy atom. The van der Waals surface area contributed by atoms with Crippen LogP contribution < -0.4 is 5.14 Å². The molecule has 0 bridgehead atoms. The maximum Gasteiger partial charge on any atom is 0.244 e. The highest BCUT2D eigenvalue weighted by atomic mass is 32.2. The molecule has 0 amide bonds. The van der Waals surface area contributed by atoms with Gasteiger partial charge in [-0.3, -0.25) is 0 Å². The number of hydrogen-bond acceptors (Lipinski definition) is 7. The Labute approximate surface area is 123 Å². The average Bonchev–Trinajstić information content (AvgIpc) is 2.36. The molecule has 1 rings (SSSR count). The first-order chi connectivity index (χ1) is 9.36. The summed E-state index contributed by atoms with van der Waals surface area (Å²) in [5.74, 6) is -1.46. The van der Waals surface area contributed by atoms with Crippen LogP contribution in [0.2, 0.25) is 0 Å². The third-order valence-electron chi connectivity index (χ3n) is 2.44. The molecular weight excluding hydrogens is 342 g/mol. The fourth-order valence-corrected chi connectivity index (χ4v) is 4.60. The maximum absolute atomic E-state index is 11.8. The van der Waals surface area contributed by atoms with Gasteiger partial charge in [-0.05, 0) is 12.1 Å². The van der Waals surface area contributed by atoms with Crippen molar-refractivity contribution in [1.29, 1.82) is 0 Å². The molecule has 1 heterocycles. The molecule has 120 valence electrons. The van der Waals surface area contributed by atoms with Crippen molar-refractivity contribution in [2.75, 3.05) is 25.6 Å². The van der Waals surface area contributed by atoms with Crippen LogP contribution in [0.25, 0.3) is 0 Å². The van der Waals surface area contributed by atoms with Gasteiger partial charge in [0.05, 0.1) is 11.5 Å². The van der Waals surface area contributed by atoms with E-state index in [1.54, 1.807) is 0 Å². The van der Waals surface area contributed by atoms with Crippen molar-refractivity contribution in [3.05, 3.63) is 18.3 Å². The van der Waals surface area contributed by atoms with Crippen molar-refractivity contribution >= 4 is 29.9 Å². The molecule has 0 unspecified atom stereocenters. The van der Waals surface area contributed by atoms with Crippen LogP contribution in [0.5, 0.6) is 0 Å². The van der Waals surface area contributed by atoms with Crippen LogP contribution in [-0.4, -0.2) is 60.1 Å². The normalized spacial score (nSPS) is 13.5. The van der Waals surface area contributed by atoms with Gasteiger partial charge in [0.1, 0.15) is 4.90 Å². The summed E-state index contributed by atoms with van der Waals surface area (Å²) in [6, 6.07) is 2.10. The molecule has 0 saturated heterocycles. The number of sulfone groups is 1. The van der Waals surface area contributed by atoms with Crippen molar-refractivity contribution in [2.24, 2.45) is 5.14 Å². The fraction of sp³-hybridized carbons (Fsp3) is 0.444. The molecule has 0 aliphatic heterocycles. The molecule has 0 aliphatic carbocycles. The molecular formula is C9H15N3O6S3. The summed E-state index contributed by atoms with van der Waals surface area (Å²) in [4.78, 5) is 3.40. The molecule has 0 radical (unpaired) electrons. The zero-order valence-corrected chi connectivity index (χ0v) is 13.7. The maximum atomic E-state index is 11.8. The number of primary sulfonamides is 1. The van der Waals surface area contributed by atoms with Crippen LogP contribution in [-0.2, 0) is 29.9 Å². The van der Waals surface area contributed by atoms with Crippen molar-refractivity contribution < 1.29 is 25.3 Å². The second kappa shape index (κ2) is 5.96. The molecule has 0 fully saturated rings. The van der Waals surface area contributed by atoms with E-state index < -0.39 is 46.4 Å². The minimum atomic E-state index is -3.95. The number of nitrogens with two attached hydrogens (primary N) is 1. The van der Waals surface area contributed by atoms with E-state index in [4.69, 9.17) is 5.14 Å². The van der Waals surface area contributed by atoms with E-state index in [0.717, 1.165) is 22.6 Å². The SMILES string of the molecule is CN(C)S(=O)(=O)c1ccc(S(=O)(=O)CCS(N)(=O)=O)nc1. The van der Waals surface area contributed by atoms with Gasteiger partial charge >= 0.3 is 0 Å². The fourth-order valence-electron chi connectivity index (χ4n) is 1.24. The topological polar surface area (TPSA) is 145 Å². The smallest absolute Gasteiger partial charge is 0.243 e. The first kappa shape index (κ1) is 18.0. The summed E-state index contributed by atoms with van der Waals surface area (Å²) in [5.41, 5.74) is 0. The zero-order valence-electron chi connectivity index (χ0n) is 11.3. The van der Waals surface area contributed by atoms with E-state index in [-0.39, 0.29) is 4.90 Å². The van der Waals surface area contributed by atoms with Crippen LogP contribution >= 0.6 is 0 Å². The molecule has 0 spiro atoms.